The number of hydrogen-bond acceptors (Lipinski definition) is 0. The van der Waals surface area contributed by atoms with Gasteiger partial charge in [-0.1, -0.05) is 0 Å². The summed E-state index contributed by atoms with van der Waals surface area (Å²) >= 11 is 11.3. The minimum absolute atomic E-state index is 0. The first-order valence-electron chi connectivity index (χ1n) is 4.81. The fraction of sp³-hybridized carbons (Fsp3) is 0.167. The van der Waals surface area contributed by atoms with Crippen LogP contribution in [0, 0.1) is 0 Å². The monoisotopic (exact) mass is 510 g/mol. The normalized spacial score (nSPS) is 8.22. The molecule has 0 atom stereocenters. The van der Waals surface area contributed by atoms with E-state index < -0.39 is 0 Å². The number of aryl methyl sites for hydroxylation is 2. The van der Waals surface area contributed by atoms with Crippen LogP contribution in [0.1, 0.15) is 0 Å². The lowest BCUT2D eigenvalue weighted by molar-refractivity contribution is -0.669. The predicted molar refractivity (Wildman–Crippen MR) is 65.3 cm³/mol. The summed E-state index contributed by atoms with van der Waals surface area (Å²) in [5.74, 6) is 0. The Labute approximate surface area is 152 Å². The molecule has 0 bridgehead atoms. The highest BCUT2D eigenvalue weighted by Gasteiger charge is 1.95. The third-order valence-corrected chi connectivity index (χ3v) is 2.77. The molecule has 0 spiro atoms. The van der Waals surface area contributed by atoms with Crippen LogP contribution in [0.2, 0.25) is 10.3 Å². The number of pyridine rings is 2. The van der Waals surface area contributed by atoms with Crippen molar-refractivity contribution in [3.8, 4) is 0 Å². The number of halogens is 4. The molecule has 6 heteroatoms. The Morgan fingerprint density at radius 1 is 0.722 bits per heavy atom. The molecule has 0 radical (unpaired) electrons. The van der Waals surface area contributed by atoms with Gasteiger partial charge < -0.3 is 48.0 Å². The van der Waals surface area contributed by atoms with Crippen LogP contribution < -0.4 is 57.1 Å². The highest BCUT2D eigenvalue weighted by atomic mass is 127. The first-order chi connectivity index (χ1) is 7.61. The standard InChI is InChI=1S/2C6H7ClN.2HI/c2*1-8-5-3-2-4-6(8)7;;/h2*2-5H,1H3;2*1H/q2*+1;;/p-2. The lowest BCUT2D eigenvalue weighted by Crippen LogP contribution is -3.00. The van der Waals surface area contributed by atoms with Crippen molar-refractivity contribution in [1.29, 1.82) is 0 Å². The molecule has 0 amide bonds. The molecule has 0 aromatic carbocycles. The Bertz CT molecular complexity index is 382. The van der Waals surface area contributed by atoms with Crippen molar-refractivity contribution in [2.24, 2.45) is 14.1 Å². The van der Waals surface area contributed by atoms with Gasteiger partial charge in [-0.05, 0) is 35.3 Å². The number of hydrogen-bond donors (Lipinski definition) is 0. The van der Waals surface area contributed by atoms with Gasteiger partial charge in [0.05, 0.1) is 0 Å². The van der Waals surface area contributed by atoms with Crippen LogP contribution >= 0.6 is 23.2 Å². The zero-order valence-electron chi connectivity index (χ0n) is 10.0. The zero-order valence-corrected chi connectivity index (χ0v) is 15.9. The molecule has 2 nitrogen and oxygen atoms in total. The quantitative estimate of drug-likeness (QED) is 0.196. The van der Waals surface area contributed by atoms with E-state index in [0.29, 0.717) is 0 Å². The molecule has 0 saturated heterocycles. The van der Waals surface area contributed by atoms with Crippen molar-refractivity contribution in [2.45, 2.75) is 0 Å². The van der Waals surface area contributed by atoms with E-state index in [0.717, 1.165) is 10.3 Å². The lowest BCUT2D eigenvalue weighted by Gasteiger charge is -1.84. The van der Waals surface area contributed by atoms with E-state index in [1.807, 2.05) is 72.0 Å². The second-order valence-corrected chi connectivity index (χ2v) is 4.04. The van der Waals surface area contributed by atoms with Gasteiger partial charge in [-0.15, -0.1) is 0 Å². The first kappa shape index (κ1) is 20.7. The van der Waals surface area contributed by atoms with Crippen molar-refractivity contribution < 1.29 is 57.1 Å². The van der Waals surface area contributed by atoms with Crippen LogP contribution in [-0.2, 0) is 14.1 Å². The van der Waals surface area contributed by atoms with E-state index in [9.17, 15) is 0 Å². The number of aromatic nitrogens is 2. The summed E-state index contributed by atoms with van der Waals surface area (Å²) in [5, 5.41) is 1.51. The van der Waals surface area contributed by atoms with Crippen molar-refractivity contribution in [2.75, 3.05) is 0 Å². The van der Waals surface area contributed by atoms with E-state index >= 15 is 0 Å². The molecule has 2 aromatic rings. The van der Waals surface area contributed by atoms with Gasteiger partial charge in [0.1, 0.15) is 14.1 Å². The minimum atomic E-state index is 0. The van der Waals surface area contributed by atoms with Gasteiger partial charge in [0.2, 0.25) is 0 Å². The highest BCUT2D eigenvalue weighted by Crippen LogP contribution is 1.96. The molecule has 2 heterocycles. The van der Waals surface area contributed by atoms with Gasteiger partial charge in [0.15, 0.2) is 12.4 Å². The van der Waals surface area contributed by atoms with Crippen molar-refractivity contribution in [3.63, 3.8) is 0 Å². The summed E-state index contributed by atoms with van der Waals surface area (Å²) < 4.78 is 3.70. The average Bonchev–Trinajstić information content (AvgIpc) is 2.28. The molecule has 0 aliphatic carbocycles. The summed E-state index contributed by atoms with van der Waals surface area (Å²) in [6.07, 6.45) is 3.81. The SMILES string of the molecule is C[n+]1ccccc1Cl.C[n+]1ccccc1Cl.[I-].[I-]. The minimum Gasteiger partial charge on any atom is -1.00 e. The summed E-state index contributed by atoms with van der Waals surface area (Å²) in [4.78, 5) is 0. The van der Waals surface area contributed by atoms with Crippen molar-refractivity contribution in [1.82, 2.24) is 0 Å². The molecule has 18 heavy (non-hydrogen) atoms. The van der Waals surface area contributed by atoms with Crippen LogP contribution in [0.15, 0.2) is 48.8 Å². The van der Waals surface area contributed by atoms with Crippen molar-refractivity contribution >= 4 is 23.2 Å². The first-order valence-corrected chi connectivity index (χ1v) is 5.57. The third-order valence-electron chi connectivity index (χ3n) is 1.98. The fourth-order valence-electron chi connectivity index (χ4n) is 1.01. The molecular formula is C12H14Cl2I2N2. The Kier molecular flexibility index (Phi) is 12.8. The Morgan fingerprint density at radius 2 is 1.06 bits per heavy atom. The molecule has 0 aliphatic rings. The highest BCUT2D eigenvalue weighted by molar-refractivity contribution is 6.28. The van der Waals surface area contributed by atoms with Gasteiger partial charge in [0, 0.05) is 24.3 Å². The molecule has 0 fully saturated rings. The van der Waals surface area contributed by atoms with Gasteiger partial charge in [-0.2, -0.15) is 9.13 Å². The van der Waals surface area contributed by atoms with E-state index in [-0.39, 0.29) is 48.0 Å². The van der Waals surface area contributed by atoms with E-state index in [1.54, 1.807) is 0 Å². The summed E-state index contributed by atoms with van der Waals surface area (Å²) in [6, 6.07) is 11.4. The van der Waals surface area contributed by atoms with Crippen LogP contribution in [0.5, 0.6) is 0 Å². The molecule has 0 unspecified atom stereocenters. The van der Waals surface area contributed by atoms with Gasteiger partial charge in [-0.25, -0.2) is 0 Å². The topological polar surface area (TPSA) is 7.76 Å². The second-order valence-electron chi connectivity index (χ2n) is 3.27. The van der Waals surface area contributed by atoms with E-state index in [2.05, 4.69) is 0 Å². The van der Waals surface area contributed by atoms with Gasteiger partial charge >= 0.3 is 0 Å². The number of nitrogens with zero attached hydrogens (tertiary/aromatic N) is 2. The molecule has 2 aromatic heterocycles. The average molecular weight is 511 g/mol. The molecule has 0 N–H and O–H groups in total. The van der Waals surface area contributed by atoms with E-state index in [1.165, 1.54) is 0 Å². The molecule has 100 valence electrons. The van der Waals surface area contributed by atoms with Crippen LogP contribution in [0.25, 0.3) is 0 Å². The lowest BCUT2D eigenvalue weighted by atomic mass is 10.5. The zero-order chi connectivity index (χ0) is 12.0. The summed E-state index contributed by atoms with van der Waals surface area (Å²) in [6.45, 7) is 0. The molecule has 0 saturated carbocycles. The third kappa shape index (κ3) is 7.70. The maximum atomic E-state index is 5.67. The van der Waals surface area contributed by atoms with Gasteiger partial charge in [-0.3, -0.25) is 0 Å². The van der Waals surface area contributed by atoms with Crippen LogP contribution in [0.3, 0.4) is 0 Å². The number of rotatable bonds is 0. The van der Waals surface area contributed by atoms with Crippen LogP contribution in [0.4, 0.5) is 0 Å². The largest absolute Gasteiger partial charge is 1.00 e. The smallest absolute Gasteiger partial charge is 0.274 e. The summed E-state index contributed by atoms with van der Waals surface area (Å²) in [5.41, 5.74) is 0. The Hall–Kier alpha value is 0.340. The second kappa shape index (κ2) is 11.2. The molecule has 0 aliphatic heterocycles. The van der Waals surface area contributed by atoms with Crippen LogP contribution in [-0.4, -0.2) is 0 Å². The Balaban J connectivity index is 0. The maximum absolute atomic E-state index is 5.67. The van der Waals surface area contributed by atoms with E-state index in [4.69, 9.17) is 23.2 Å². The van der Waals surface area contributed by atoms with Crippen molar-refractivity contribution in [3.05, 3.63) is 59.1 Å². The fourth-order valence-corrected chi connectivity index (χ4v) is 1.26. The molecular weight excluding hydrogens is 497 g/mol. The molecule has 2 rings (SSSR count). The van der Waals surface area contributed by atoms with Gasteiger partial charge in [0.25, 0.3) is 10.3 Å². The predicted octanol–water partition coefficient (Wildman–Crippen LogP) is -3.66. The maximum Gasteiger partial charge on any atom is 0.274 e. The Morgan fingerprint density at radius 3 is 1.22 bits per heavy atom. The summed E-state index contributed by atoms with van der Waals surface area (Å²) in [7, 11) is 3.81.